The monoisotopic (exact) mass is 414 g/mol. The number of sulfone groups is 1. The number of aromatic nitrogens is 1. The van der Waals surface area contributed by atoms with Gasteiger partial charge >= 0.3 is 0 Å². The molecule has 30 heavy (non-hydrogen) atoms. The molecule has 5 rings (SSSR count). The van der Waals surface area contributed by atoms with Crippen molar-refractivity contribution in [2.75, 3.05) is 11.6 Å². The summed E-state index contributed by atoms with van der Waals surface area (Å²) in [6, 6.07) is 24.2. The van der Waals surface area contributed by atoms with Gasteiger partial charge in [0.2, 0.25) is 5.91 Å². The van der Waals surface area contributed by atoms with E-state index in [1.807, 2.05) is 60.7 Å². The Morgan fingerprint density at radius 1 is 0.867 bits per heavy atom. The van der Waals surface area contributed by atoms with E-state index in [-0.39, 0.29) is 10.8 Å². The van der Waals surface area contributed by atoms with Crippen molar-refractivity contribution in [3.8, 4) is 11.1 Å². The molecule has 1 aliphatic rings. The van der Waals surface area contributed by atoms with Gasteiger partial charge in [0.05, 0.1) is 16.1 Å². The Labute approximate surface area is 174 Å². The quantitative estimate of drug-likeness (QED) is 0.539. The third-order valence-corrected chi connectivity index (χ3v) is 6.51. The molecule has 1 unspecified atom stereocenters. The second kappa shape index (κ2) is 6.78. The van der Waals surface area contributed by atoms with Crippen molar-refractivity contribution in [2.45, 2.75) is 10.8 Å². The average molecular weight is 414 g/mol. The molecule has 0 fully saturated rings. The van der Waals surface area contributed by atoms with Crippen molar-refractivity contribution in [3.63, 3.8) is 0 Å². The van der Waals surface area contributed by atoms with E-state index in [1.165, 1.54) is 6.26 Å². The Hall–Kier alpha value is -3.51. The first kappa shape index (κ1) is 18.5. The number of para-hydroxylation sites is 1. The number of carbonyl (C=O) groups is 1. The molecule has 4 aromatic rings. The van der Waals surface area contributed by atoms with E-state index in [2.05, 4.69) is 5.32 Å². The Morgan fingerprint density at radius 3 is 2.50 bits per heavy atom. The smallest absolute Gasteiger partial charge is 0.238 e. The molecule has 1 N–H and O–H groups in total. The minimum Gasteiger partial charge on any atom is -0.325 e. The Kier molecular flexibility index (Phi) is 4.18. The van der Waals surface area contributed by atoms with Gasteiger partial charge in [0, 0.05) is 17.3 Å². The Bertz CT molecular complexity index is 1430. The highest BCUT2D eigenvalue weighted by Crippen LogP contribution is 2.39. The van der Waals surface area contributed by atoms with Crippen LogP contribution in [0.4, 0.5) is 5.69 Å². The lowest BCUT2D eigenvalue weighted by atomic mass is 9.94. The summed E-state index contributed by atoms with van der Waals surface area (Å²) in [6.45, 7) is 0. The molecule has 2 heterocycles. The number of rotatable bonds is 3. The molecule has 3 aromatic carbocycles. The van der Waals surface area contributed by atoms with E-state index in [0.717, 1.165) is 33.3 Å². The van der Waals surface area contributed by atoms with Crippen LogP contribution in [-0.4, -0.2) is 25.6 Å². The zero-order valence-electron chi connectivity index (χ0n) is 16.2. The summed E-state index contributed by atoms with van der Waals surface area (Å²) in [5, 5.41) is 3.98. The summed E-state index contributed by atoms with van der Waals surface area (Å²) >= 11 is 0. The molecule has 0 radical (unpaired) electrons. The van der Waals surface area contributed by atoms with Crippen molar-refractivity contribution < 1.29 is 13.2 Å². The topological polar surface area (TPSA) is 76.1 Å². The van der Waals surface area contributed by atoms with Crippen LogP contribution in [0.2, 0.25) is 0 Å². The number of amides is 1. The molecule has 6 heteroatoms. The predicted molar refractivity (Wildman–Crippen MR) is 117 cm³/mol. The number of anilines is 1. The molecule has 0 bridgehead atoms. The molecule has 0 aliphatic carbocycles. The lowest BCUT2D eigenvalue weighted by molar-refractivity contribution is -0.116. The third kappa shape index (κ3) is 3.15. The summed E-state index contributed by atoms with van der Waals surface area (Å²) in [5.74, 6) is -0.587. The van der Waals surface area contributed by atoms with Crippen LogP contribution in [0.5, 0.6) is 0 Å². The summed E-state index contributed by atoms with van der Waals surface area (Å²) in [6.07, 6.45) is 1.19. The number of nitrogens with one attached hydrogen (secondary N) is 1. The van der Waals surface area contributed by atoms with Gasteiger partial charge in [0.1, 0.15) is 5.92 Å². The number of hydrogen-bond acceptors (Lipinski definition) is 4. The van der Waals surface area contributed by atoms with Gasteiger partial charge in [-0.15, -0.1) is 0 Å². The lowest BCUT2D eigenvalue weighted by Crippen LogP contribution is -2.14. The summed E-state index contributed by atoms with van der Waals surface area (Å²) in [4.78, 5) is 17.7. The number of carbonyl (C=O) groups excluding carboxylic acids is 1. The molecule has 1 amide bonds. The van der Waals surface area contributed by atoms with Gasteiger partial charge in [-0.25, -0.2) is 8.42 Å². The van der Waals surface area contributed by atoms with Crippen LogP contribution in [-0.2, 0) is 14.6 Å². The third-order valence-electron chi connectivity index (χ3n) is 5.40. The van der Waals surface area contributed by atoms with Crippen molar-refractivity contribution >= 4 is 32.3 Å². The number of benzene rings is 3. The van der Waals surface area contributed by atoms with E-state index >= 15 is 0 Å². The van der Waals surface area contributed by atoms with Crippen LogP contribution in [0, 0.1) is 0 Å². The maximum absolute atomic E-state index is 12.8. The van der Waals surface area contributed by atoms with E-state index in [9.17, 15) is 13.2 Å². The summed E-state index contributed by atoms with van der Waals surface area (Å²) in [5.41, 5.74) is 4.77. The normalized spacial score (nSPS) is 15.8. The van der Waals surface area contributed by atoms with E-state index in [0.29, 0.717) is 5.69 Å². The Balaban J connectivity index is 1.56. The van der Waals surface area contributed by atoms with Crippen LogP contribution in [0.25, 0.3) is 22.0 Å². The first-order valence-corrected chi connectivity index (χ1v) is 11.4. The second-order valence-corrected chi connectivity index (χ2v) is 9.47. The maximum atomic E-state index is 12.8. The second-order valence-electron chi connectivity index (χ2n) is 7.45. The minimum absolute atomic E-state index is 0.116. The average Bonchev–Trinajstić information content (AvgIpc) is 3.07. The van der Waals surface area contributed by atoms with Crippen LogP contribution < -0.4 is 5.32 Å². The molecule has 1 aromatic heterocycles. The fourth-order valence-corrected chi connectivity index (χ4v) is 4.55. The summed E-state index contributed by atoms with van der Waals surface area (Å²) < 4.78 is 23.8. The van der Waals surface area contributed by atoms with E-state index in [1.54, 1.807) is 18.2 Å². The molecule has 0 spiro atoms. The van der Waals surface area contributed by atoms with Crippen molar-refractivity contribution in [3.05, 3.63) is 90.1 Å². The van der Waals surface area contributed by atoms with Gasteiger partial charge in [-0.2, -0.15) is 0 Å². The highest BCUT2D eigenvalue weighted by molar-refractivity contribution is 7.90. The SMILES string of the molecule is CS(=O)(=O)c1cccc(-c2ccc3c(c2)NC(=O)C3c2ccc3ccccc3n2)c1. The molecule has 1 atom stereocenters. The van der Waals surface area contributed by atoms with Crippen molar-refractivity contribution in [2.24, 2.45) is 0 Å². The van der Waals surface area contributed by atoms with Gasteiger partial charge in [-0.3, -0.25) is 9.78 Å². The highest BCUT2D eigenvalue weighted by Gasteiger charge is 2.33. The van der Waals surface area contributed by atoms with E-state index < -0.39 is 15.8 Å². The summed E-state index contributed by atoms with van der Waals surface area (Å²) in [7, 11) is -3.29. The standard InChI is InChI=1S/C24H18N2O3S/c1-30(28,29)18-7-4-6-16(13-18)17-9-11-19-22(14-17)26-24(27)23(19)21-12-10-15-5-2-3-8-20(15)25-21/h2-14,23H,1H3,(H,26,27). The van der Waals surface area contributed by atoms with Gasteiger partial charge in [-0.1, -0.05) is 48.5 Å². The van der Waals surface area contributed by atoms with Gasteiger partial charge < -0.3 is 5.32 Å². The fraction of sp³-hybridized carbons (Fsp3) is 0.0833. The van der Waals surface area contributed by atoms with Crippen molar-refractivity contribution in [1.82, 2.24) is 4.98 Å². The van der Waals surface area contributed by atoms with Crippen LogP contribution in [0.3, 0.4) is 0 Å². The number of pyridine rings is 1. The van der Waals surface area contributed by atoms with Gasteiger partial charge in [0.15, 0.2) is 9.84 Å². The van der Waals surface area contributed by atoms with Gasteiger partial charge in [-0.05, 0) is 47.0 Å². The molecular weight excluding hydrogens is 396 g/mol. The molecule has 1 aliphatic heterocycles. The highest BCUT2D eigenvalue weighted by atomic mass is 32.2. The molecular formula is C24H18N2O3S. The van der Waals surface area contributed by atoms with Crippen LogP contribution >= 0.6 is 0 Å². The predicted octanol–water partition coefficient (Wildman–Crippen LogP) is 4.39. The first-order valence-electron chi connectivity index (χ1n) is 9.51. The van der Waals surface area contributed by atoms with Crippen LogP contribution in [0.1, 0.15) is 17.2 Å². The molecule has 0 saturated carbocycles. The number of fused-ring (bicyclic) bond motifs is 2. The number of hydrogen-bond donors (Lipinski definition) is 1. The zero-order valence-corrected chi connectivity index (χ0v) is 17.0. The Morgan fingerprint density at radius 2 is 1.67 bits per heavy atom. The van der Waals surface area contributed by atoms with Gasteiger partial charge in [0.25, 0.3) is 0 Å². The zero-order chi connectivity index (χ0) is 20.9. The molecule has 5 nitrogen and oxygen atoms in total. The fourth-order valence-electron chi connectivity index (χ4n) is 3.88. The lowest BCUT2D eigenvalue weighted by Gasteiger charge is -2.10. The minimum atomic E-state index is -3.29. The largest absolute Gasteiger partial charge is 0.325 e. The molecule has 0 saturated heterocycles. The van der Waals surface area contributed by atoms with Crippen molar-refractivity contribution in [1.29, 1.82) is 0 Å². The van der Waals surface area contributed by atoms with Crippen LogP contribution in [0.15, 0.2) is 83.8 Å². The first-order chi connectivity index (χ1) is 14.4. The maximum Gasteiger partial charge on any atom is 0.238 e. The number of nitrogens with zero attached hydrogens (tertiary/aromatic N) is 1. The molecule has 148 valence electrons. The van der Waals surface area contributed by atoms with E-state index in [4.69, 9.17) is 4.98 Å².